The molecule has 1 N–H and O–H groups in total. The van der Waals surface area contributed by atoms with E-state index in [4.69, 9.17) is 23.2 Å². The summed E-state index contributed by atoms with van der Waals surface area (Å²) in [6.45, 7) is 0. The molecule has 2 bridgehead atoms. The van der Waals surface area contributed by atoms with Crippen LogP contribution in [-0.2, 0) is 0 Å². The lowest BCUT2D eigenvalue weighted by atomic mass is 9.95. The molecule has 0 spiro atoms. The maximum atomic E-state index is 11.9. The van der Waals surface area contributed by atoms with Crippen LogP contribution in [0.3, 0.4) is 0 Å². The highest BCUT2D eigenvalue weighted by atomic mass is 35.5. The van der Waals surface area contributed by atoms with Gasteiger partial charge in [0.05, 0.1) is 10.6 Å². The van der Waals surface area contributed by atoms with Gasteiger partial charge in [0.15, 0.2) is 0 Å². The summed E-state index contributed by atoms with van der Waals surface area (Å²) in [5.41, 5.74) is 2.90. The summed E-state index contributed by atoms with van der Waals surface area (Å²) in [6.07, 6.45) is 8.72. The second kappa shape index (κ2) is 5.58. The van der Waals surface area contributed by atoms with Crippen LogP contribution in [0.1, 0.15) is 23.2 Å². The highest BCUT2D eigenvalue weighted by Crippen LogP contribution is 2.42. The lowest BCUT2D eigenvalue weighted by molar-refractivity contribution is 0.0955. The van der Waals surface area contributed by atoms with Crippen LogP contribution in [-0.4, -0.2) is 12.1 Å². The number of nitrogens with zero attached hydrogens (tertiary/aromatic N) is 1. The Morgan fingerprint density at radius 1 is 1.30 bits per heavy atom. The molecular weight excluding hydrogens is 295 g/mol. The van der Waals surface area contributed by atoms with Crippen LogP contribution in [0.5, 0.6) is 0 Å². The molecule has 1 saturated carbocycles. The molecule has 0 heterocycles. The molecule has 1 aromatic rings. The molecule has 20 heavy (non-hydrogen) atoms. The number of amides is 1. The van der Waals surface area contributed by atoms with Crippen molar-refractivity contribution in [1.82, 2.24) is 5.43 Å². The van der Waals surface area contributed by atoms with Gasteiger partial charge in [-0.2, -0.15) is 5.10 Å². The second-order valence-corrected chi connectivity index (χ2v) is 6.13. The first-order valence-electron chi connectivity index (χ1n) is 6.60. The van der Waals surface area contributed by atoms with E-state index >= 15 is 0 Å². The Morgan fingerprint density at radius 3 is 2.80 bits per heavy atom. The van der Waals surface area contributed by atoms with E-state index in [0.29, 0.717) is 33.4 Å². The molecule has 3 nitrogen and oxygen atoms in total. The fourth-order valence-corrected chi connectivity index (χ4v) is 3.41. The lowest BCUT2D eigenvalue weighted by Gasteiger charge is -2.12. The largest absolute Gasteiger partial charge is 0.272 e. The maximum absolute atomic E-state index is 11.9. The topological polar surface area (TPSA) is 41.5 Å². The molecule has 1 aromatic carbocycles. The van der Waals surface area contributed by atoms with E-state index in [-0.39, 0.29) is 5.91 Å². The number of rotatable bonds is 3. The summed E-state index contributed by atoms with van der Waals surface area (Å²) in [7, 11) is 0. The zero-order chi connectivity index (χ0) is 14.1. The van der Waals surface area contributed by atoms with Crippen LogP contribution in [0.2, 0.25) is 10.0 Å². The van der Waals surface area contributed by atoms with Crippen LogP contribution in [0, 0.1) is 17.8 Å². The quantitative estimate of drug-likeness (QED) is 0.513. The Kier molecular flexibility index (Phi) is 3.81. The van der Waals surface area contributed by atoms with Gasteiger partial charge in [0.1, 0.15) is 0 Å². The SMILES string of the molecule is O=C(NN=CC1CC2C=CC1C2)c1ccc(Cl)cc1Cl. The van der Waals surface area contributed by atoms with Gasteiger partial charge in [-0.05, 0) is 42.9 Å². The molecule has 1 fully saturated rings. The molecule has 3 rings (SSSR count). The van der Waals surface area contributed by atoms with Crippen molar-refractivity contribution in [3.63, 3.8) is 0 Å². The summed E-state index contributed by atoms with van der Waals surface area (Å²) >= 11 is 11.8. The lowest BCUT2D eigenvalue weighted by Crippen LogP contribution is -2.19. The van der Waals surface area contributed by atoms with E-state index in [0.717, 1.165) is 6.42 Å². The van der Waals surface area contributed by atoms with Crippen LogP contribution >= 0.6 is 23.2 Å². The van der Waals surface area contributed by atoms with Crippen molar-refractivity contribution in [2.75, 3.05) is 0 Å². The molecule has 1 amide bonds. The summed E-state index contributed by atoms with van der Waals surface area (Å²) in [6, 6.07) is 4.77. The third-order valence-electron chi connectivity index (χ3n) is 3.94. The predicted molar refractivity (Wildman–Crippen MR) is 81.3 cm³/mol. The fourth-order valence-electron chi connectivity index (χ4n) is 2.92. The summed E-state index contributed by atoms with van der Waals surface area (Å²) < 4.78 is 0. The number of benzene rings is 1. The standard InChI is InChI=1S/C15H14Cl2N2O/c16-12-3-4-13(14(17)7-12)15(20)19-18-8-11-6-9-1-2-10(11)5-9/h1-4,7-11H,5-6H2,(H,19,20). The van der Waals surface area contributed by atoms with E-state index in [1.54, 1.807) is 18.2 Å². The van der Waals surface area contributed by atoms with E-state index in [2.05, 4.69) is 22.7 Å². The molecule has 2 aliphatic carbocycles. The van der Waals surface area contributed by atoms with Gasteiger partial charge >= 0.3 is 0 Å². The van der Waals surface area contributed by atoms with E-state index < -0.39 is 0 Å². The summed E-state index contributed by atoms with van der Waals surface area (Å²) in [5.74, 6) is 1.39. The van der Waals surface area contributed by atoms with Crippen LogP contribution in [0.4, 0.5) is 0 Å². The van der Waals surface area contributed by atoms with Crippen molar-refractivity contribution in [1.29, 1.82) is 0 Å². The smallest absolute Gasteiger partial charge is 0.267 e. The van der Waals surface area contributed by atoms with Crippen molar-refractivity contribution >= 4 is 35.3 Å². The zero-order valence-corrected chi connectivity index (χ0v) is 12.2. The number of allylic oxidation sites excluding steroid dienone is 2. The first-order valence-corrected chi connectivity index (χ1v) is 7.36. The fraction of sp³-hybridized carbons (Fsp3) is 0.333. The second-order valence-electron chi connectivity index (χ2n) is 5.29. The monoisotopic (exact) mass is 308 g/mol. The molecular formula is C15H14Cl2N2O. The number of carbonyl (C=O) groups is 1. The molecule has 0 aliphatic heterocycles. The minimum absolute atomic E-state index is 0.318. The van der Waals surface area contributed by atoms with Crippen molar-refractivity contribution in [2.45, 2.75) is 12.8 Å². The Morgan fingerprint density at radius 2 is 2.15 bits per heavy atom. The number of hydrogen-bond donors (Lipinski definition) is 1. The molecule has 3 unspecified atom stereocenters. The maximum Gasteiger partial charge on any atom is 0.272 e. The van der Waals surface area contributed by atoms with Crippen molar-refractivity contribution < 1.29 is 4.79 Å². The molecule has 5 heteroatoms. The average Bonchev–Trinajstić information content (AvgIpc) is 3.00. The Bertz CT molecular complexity index is 598. The minimum atomic E-state index is -0.318. The van der Waals surface area contributed by atoms with Gasteiger partial charge in [-0.25, -0.2) is 5.43 Å². The van der Waals surface area contributed by atoms with E-state index in [1.807, 2.05) is 6.21 Å². The Hall–Kier alpha value is -1.32. The van der Waals surface area contributed by atoms with Gasteiger partial charge in [0.25, 0.3) is 5.91 Å². The van der Waals surface area contributed by atoms with Crippen LogP contribution in [0.25, 0.3) is 0 Å². The predicted octanol–water partition coefficient (Wildman–Crippen LogP) is 3.92. The van der Waals surface area contributed by atoms with Gasteiger partial charge in [-0.15, -0.1) is 0 Å². The molecule has 0 saturated heterocycles. The number of fused-ring (bicyclic) bond motifs is 2. The number of hydrogen-bond acceptors (Lipinski definition) is 2. The molecule has 104 valence electrons. The third-order valence-corrected chi connectivity index (χ3v) is 4.49. The van der Waals surface area contributed by atoms with Gasteiger partial charge in [0.2, 0.25) is 0 Å². The number of nitrogens with one attached hydrogen (secondary N) is 1. The number of hydrazone groups is 1. The van der Waals surface area contributed by atoms with Crippen LogP contribution < -0.4 is 5.43 Å². The number of carbonyl (C=O) groups excluding carboxylic acids is 1. The average molecular weight is 309 g/mol. The number of halogens is 2. The highest BCUT2D eigenvalue weighted by molar-refractivity contribution is 6.36. The first-order chi connectivity index (χ1) is 9.63. The summed E-state index contributed by atoms with van der Waals surface area (Å²) in [5, 5.41) is 4.89. The Balaban J connectivity index is 1.60. The van der Waals surface area contributed by atoms with Gasteiger partial charge in [0, 0.05) is 17.2 Å². The van der Waals surface area contributed by atoms with Crippen molar-refractivity contribution in [2.24, 2.45) is 22.9 Å². The van der Waals surface area contributed by atoms with Crippen LogP contribution in [0.15, 0.2) is 35.5 Å². The van der Waals surface area contributed by atoms with Crippen molar-refractivity contribution in [3.8, 4) is 0 Å². The highest BCUT2D eigenvalue weighted by Gasteiger charge is 2.34. The molecule has 0 radical (unpaired) electrons. The molecule has 0 aromatic heterocycles. The van der Waals surface area contributed by atoms with Gasteiger partial charge in [-0.1, -0.05) is 35.4 Å². The third kappa shape index (κ3) is 2.74. The molecule has 3 atom stereocenters. The minimum Gasteiger partial charge on any atom is -0.267 e. The molecule has 2 aliphatic rings. The van der Waals surface area contributed by atoms with E-state index in [9.17, 15) is 4.79 Å². The van der Waals surface area contributed by atoms with Crippen molar-refractivity contribution in [3.05, 3.63) is 46.0 Å². The zero-order valence-electron chi connectivity index (χ0n) is 10.7. The van der Waals surface area contributed by atoms with Gasteiger partial charge < -0.3 is 0 Å². The van der Waals surface area contributed by atoms with Gasteiger partial charge in [-0.3, -0.25) is 4.79 Å². The normalized spacial score (nSPS) is 27.4. The summed E-state index contributed by atoms with van der Waals surface area (Å²) in [4.78, 5) is 11.9. The van der Waals surface area contributed by atoms with E-state index in [1.165, 1.54) is 6.42 Å². The first kappa shape index (κ1) is 13.7. The Labute approximate surface area is 127 Å².